The van der Waals surface area contributed by atoms with Crippen LogP contribution >= 0.6 is 11.8 Å². The monoisotopic (exact) mass is 305 g/mol. The van der Waals surface area contributed by atoms with Crippen LogP contribution in [0.3, 0.4) is 0 Å². The Morgan fingerprint density at radius 3 is 2.81 bits per heavy atom. The Hall–Kier alpha value is -1.49. The van der Waals surface area contributed by atoms with E-state index in [-0.39, 0.29) is 11.8 Å². The van der Waals surface area contributed by atoms with Crippen LogP contribution in [0, 0.1) is 0 Å². The molecule has 0 saturated carbocycles. The van der Waals surface area contributed by atoms with Crippen molar-refractivity contribution in [3.8, 4) is 0 Å². The van der Waals surface area contributed by atoms with Crippen LogP contribution < -0.4 is 0 Å². The molecule has 5 heteroatoms. The quantitative estimate of drug-likeness (QED) is 0.913. The third-order valence-electron chi connectivity index (χ3n) is 4.32. The number of carboxylic acid groups (broad SMARTS) is 1. The fourth-order valence-electron chi connectivity index (χ4n) is 3.20. The van der Waals surface area contributed by atoms with Gasteiger partial charge in [-0.2, -0.15) is 0 Å². The van der Waals surface area contributed by atoms with E-state index in [0.717, 1.165) is 35.5 Å². The number of carbonyl (C=O) groups excluding carboxylic acids is 1. The molecule has 1 amide bonds. The van der Waals surface area contributed by atoms with Crippen LogP contribution in [-0.2, 0) is 9.59 Å². The van der Waals surface area contributed by atoms with E-state index < -0.39 is 12.0 Å². The Morgan fingerprint density at radius 1 is 1.19 bits per heavy atom. The summed E-state index contributed by atoms with van der Waals surface area (Å²) in [5.41, 5.74) is 1.06. The predicted molar refractivity (Wildman–Crippen MR) is 81.5 cm³/mol. The van der Waals surface area contributed by atoms with E-state index in [9.17, 15) is 14.7 Å². The van der Waals surface area contributed by atoms with Gasteiger partial charge < -0.3 is 10.0 Å². The number of benzene rings is 1. The van der Waals surface area contributed by atoms with Crippen LogP contribution in [-0.4, -0.2) is 40.2 Å². The second-order valence-electron chi connectivity index (χ2n) is 5.64. The van der Waals surface area contributed by atoms with E-state index >= 15 is 0 Å². The molecule has 0 bridgehead atoms. The molecule has 2 unspecified atom stereocenters. The Balaban J connectivity index is 1.85. The molecule has 112 valence electrons. The average Bonchev–Trinajstić information content (AvgIpc) is 2.75. The summed E-state index contributed by atoms with van der Waals surface area (Å²) in [7, 11) is 0. The zero-order valence-corrected chi connectivity index (χ0v) is 12.6. The zero-order chi connectivity index (χ0) is 14.8. The van der Waals surface area contributed by atoms with E-state index in [1.54, 1.807) is 16.7 Å². The van der Waals surface area contributed by atoms with Crippen molar-refractivity contribution in [2.75, 3.05) is 12.3 Å². The van der Waals surface area contributed by atoms with Crippen molar-refractivity contribution in [2.24, 2.45) is 0 Å². The standard InChI is InChI=1S/C16H19NO3S/c18-15(12-10-21-14-8-4-3-6-11(12)14)17-9-5-1-2-7-13(17)16(19)20/h3-4,6,8,12-13H,1-2,5,7,9-10H2,(H,19,20). The van der Waals surface area contributed by atoms with Gasteiger partial charge in [0.1, 0.15) is 6.04 Å². The second kappa shape index (κ2) is 6.10. The topological polar surface area (TPSA) is 57.6 Å². The second-order valence-corrected chi connectivity index (χ2v) is 6.70. The molecular weight excluding hydrogens is 286 g/mol. The van der Waals surface area contributed by atoms with Gasteiger partial charge in [-0.05, 0) is 24.5 Å². The predicted octanol–water partition coefficient (Wildman–Crippen LogP) is 2.73. The molecule has 2 atom stereocenters. The number of aliphatic carboxylic acids is 1. The fraction of sp³-hybridized carbons (Fsp3) is 0.500. The highest BCUT2D eigenvalue weighted by Crippen LogP contribution is 2.40. The van der Waals surface area contributed by atoms with Crippen LogP contribution in [0.4, 0.5) is 0 Å². The fourth-order valence-corrected chi connectivity index (χ4v) is 4.42. The highest BCUT2D eigenvalue weighted by Gasteiger charge is 2.37. The van der Waals surface area contributed by atoms with Crippen molar-refractivity contribution in [3.63, 3.8) is 0 Å². The molecule has 1 N–H and O–H groups in total. The van der Waals surface area contributed by atoms with Crippen molar-refractivity contribution < 1.29 is 14.7 Å². The van der Waals surface area contributed by atoms with Gasteiger partial charge in [-0.15, -0.1) is 11.8 Å². The SMILES string of the molecule is O=C(O)C1CCCCCN1C(=O)C1CSc2ccccc21. The lowest BCUT2D eigenvalue weighted by Gasteiger charge is -2.29. The molecule has 4 nitrogen and oxygen atoms in total. The molecule has 1 aromatic carbocycles. The minimum absolute atomic E-state index is 0.0123. The van der Waals surface area contributed by atoms with Gasteiger partial charge in [0, 0.05) is 17.2 Å². The third kappa shape index (κ3) is 2.79. The van der Waals surface area contributed by atoms with E-state index in [1.165, 1.54) is 0 Å². The molecule has 1 fully saturated rings. The molecule has 1 saturated heterocycles. The van der Waals surface area contributed by atoms with E-state index in [2.05, 4.69) is 0 Å². The molecule has 2 aliphatic heterocycles. The lowest BCUT2D eigenvalue weighted by molar-refractivity contribution is -0.150. The zero-order valence-electron chi connectivity index (χ0n) is 11.8. The molecular formula is C16H19NO3S. The van der Waals surface area contributed by atoms with E-state index in [0.29, 0.717) is 13.0 Å². The average molecular weight is 305 g/mol. The van der Waals surface area contributed by atoms with Gasteiger partial charge in [0.2, 0.25) is 5.91 Å². The smallest absolute Gasteiger partial charge is 0.326 e. The summed E-state index contributed by atoms with van der Waals surface area (Å²) < 4.78 is 0. The first kappa shape index (κ1) is 14.4. The minimum Gasteiger partial charge on any atom is -0.480 e. The molecule has 0 spiro atoms. The number of carbonyl (C=O) groups is 2. The minimum atomic E-state index is -0.871. The highest BCUT2D eigenvalue weighted by molar-refractivity contribution is 7.99. The largest absolute Gasteiger partial charge is 0.480 e. The van der Waals surface area contributed by atoms with Crippen LogP contribution in [0.5, 0.6) is 0 Å². The number of rotatable bonds is 2. The number of likely N-dealkylation sites (tertiary alicyclic amines) is 1. The van der Waals surface area contributed by atoms with Crippen molar-refractivity contribution >= 4 is 23.6 Å². The number of carboxylic acids is 1. The summed E-state index contributed by atoms with van der Waals surface area (Å²) >= 11 is 1.69. The Morgan fingerprint density at radius 2 is 2.00 bits per heavy atom. The maximum atomic E-state index is 12.9. The van der Waals surface area contributed by atoms with E-state index in [1.807, 2.05) is 24.3 Å². The van der Waals surface area contributed by atoms with E-state index in [4.69, 9.17) is 0 Å². The molecule has 21 heavy (non-hydrogen) atoms. The molecule has 1 aromatic rings. The summed E-state index contributed by atoms with van der Waals surface area (Å²) in [6, 6.07) is 7.29. The summed E-state index contributed by atoms with van der Waals surface area (Å²) in [5, 5.41) is 9.42. The maximum Gasteiger partial charge on any atom is 0.326 e. The number of fused-ring (bicyclic) bond motifs is 1. The summed E-state index contributed by atoms with van der Waals surface area (Å²) in [4.78, 5) is 27.1. The van der Waals surface area contributed by atoms with Gasteiger partial charge in [-0.25, -0.2) is 4.79 Å². The molecule has 2 aliphatic rings. The third-order valence-corrected chi connectivity index (χ3v) is 5.50. The number of thioether (sulfide) groups is 1. The molecule has 0 aliphatic carbocycles. The summed E-state index contributed by atoms with van der Waals surface area (Å²) in [5.74, 6) is -0.349. The number of amides is 1. The van der Waals surface area contributed by atoms with Gasteiger partial charge in [0.15, 0.2) is 0 Å². The highest BCUT2D eigenvalue weighted by atomic mass is 32.2. The van der Waals surface area contributed by atoms with Crippen LogP contribution in [0.15, 0.2) is 29.2 Å². The number of nitrogens with zero attached hydrogens (tertiary/aromatic N) is 1. The molecule has 2 heterocycles. The molecule has 0 aromatic heterocycles. The molecule has 0 radical (unpaired) electrons. The van der Waals surface area contributed by atoms with Crippen molar-refractivity contribution in [1.29, 1.82) is 0 Å². The summed E-state index contributed by atoms with van der Waals surface area (Å²) in [6.45, 7) is 0.569. The normalized spacial score (nSPS) is 25.2. The first-order valence-electron chi connectivity index (χ1n) is 7.43. The lowest BCUT2D eigenvalue weighted by Crippen LogP contribution is -2.46. The van der Waals surface area contributed by atoms with Crippen LogP contribution in [0.1, 0.15) is 37.2 Å². The van der Waals surface area contributed by atoms with Gasteiger partial charge in [-0.1, -0.05) is 31.0 Å². The first-order chi connectivity index (χ1) is 10.2. The number of hydrogen-bond donors (Lipinski definition) is 1. The van der Waals surface area contributed by atoms with Gasteiger partial charge in [-0.3, -0.25) is 4.79 Å². The Labute approximate surface area is 128 Å². The Kier molecular flexibility index (Phi) is 4.19. The Bertz CT molecular complexity index is 560. The molecule has 3 rings (SSSR count). The van der Waals surface area contributed by atoms with Crippen LogP contribution in [0.25, 0.3) is 0 Å². The first-order valence-corrected chi connectivity index (χ1v) is 8.42. The van der Waals surface area contributed by atoms with Crippen molar-refractivity contribution in [2.45, 2.75) is 42.5 Å². The van der Waals surface area contributed by atoms with Crippen molar-refractivity contribution in [3.05, 3.63) is 29.8 Å². The maximum absolute atomic E-state index is 12.9. The van der Waals surface area contributed by atoms with Gasteiger partial charge in [0.25, 0.3) is 0 Å². The van der Waals surface area contributed by atoms with Gasteiger partial charge in [0.05, 0.1) is 5.92 Å². The summed E-state index contributed by atoms with van der Waals surface area (Å²) in [6.07, 6.45) is 3.36. The van der Waals surface area contributed by atoms with Gasteiger partial charge >= 0.3 is 5.97 Å². The number of hydrogen-bond acceptors (Lipinski definition) is 3. The van der Waals surface area contributed by atoms with Crippen LogP contribution in [0.2, 0.25) is 0 Å². The lowest BCUT2D eigenvalue weighted by atomic mass is 9.98. The van der Waals surface area contributed by atoms with Crippen molar-refractivity contribution in [1.82, 2.24) is 4.90 Å².